The minimum Gasteiger partial charge on any atom is -0.342 e. The van der Waals surface area contributed by atoms with E-state index in [2.05, 4.69) is 34.3 Å². The molecule has 1 aliphatic heterocycles. The van der Waals surface area contributed by atoms with Gasteiger partial charge >= 0.3 is 0 Å². The lowest BCUT2D eigenvalue weighted by Crippen LogP contribution is -2.39. The highest BCUT2D eigenvalue weighted by molar-refractivity contribution is 5.95. The Balaban J connectivity index is 1.89. The number of anilines is 1. The summed E-state index contributed by atoms with van der Waals surface area (Å²) in [6.45, 7) is 3.96. The van der Waals surface area contributed by atoms with Crippen LogP contribution in [0.1, 0.15) is 24.8 Å². The number of nitrogens with zero attached hydrogens (tertiary/aromatic N) is 2. The standard InChI is InChI=1S/C19H22FN3/c1-15-9-11-16(12-10-15)21-19(23-13-5-2-6-14-23)22-18-8-4-3-7-17(18)20/h3-4,7-12H,2,5-6,13-14H2,1H3,(H,21,22). The van der Waals surface area contributed by atoms with Crippen LogP contribution in [0.4, 0.5) is 15.8 Å². The van der Waals surface area contributed by atoms with Crippen molar-refractivity contribution in [2.75, 3.05) is 18.4 Å². The van der Waals surface area contributed by atoms with Crippen molar-refractivity contribution in [3.8, 4) is 0 Å². The van der Waals surface area contributed by atoms with Crippen molar-refractivity contribution in [3.63, 3.8) is 0 Å². The largest absolute Gasteiger partial charge is 0.342 e. The molecule has 1 heterocycles. The number of benzene rings is 2. The van der Waals surface area contributed by atoms with Crippen LogP contribution in [0.25, 0.3) is 0 Å². The van der Waals surface area contributed by atoms with Crippen molar-refractivity contribution in [2.24, 2.45) is 4.99 Å². The Morgan fingerprint density at radius 2 is 1.70 bits per heavy atom. The Morgan fingerprint density at radius 1 is 1.00 bits per heavy atom. The van der Waals surface area contributed by atoms with E-state index in [0.29, 0.717) is 5.69 Å². The molecular formula is C19H22FN3. The molecule has 0 atom stereocenters. The van der Waals surface area contributed by atoms with Crippen LogP contribution < -0.4 is 5.32 Å². The van der Waals surface area contributed by atoms with E-state index in [1.165, 1.54) is 18.1 Å². The van der Waals surface area contributed by atoms with E-state index in [0.717, 1.165) is 37.6 Å². The predicted molar refractivity (Wildman–Crippen MR) is 93.7 cm³/mol. The molecule has 4 heteroatoms. The molecule has 0 saturated carbocycles. The lowest BCUT2D eigenvalue weighted by atomic mass is 10.1. The molecule has 0 bridgehead atoms. The molecule has 0 amide bonds. The number of likely N-dealkylation sites (tertiary alicyclic amines) is 1. The van der Waals surface area contributed by atoms with Crippen LogP contribution in [0.15, 0.2) is 53.5 Å². The monoisotopic (exact) mass is 311 g/mol. The van der Waals surface area contributed by atoms with E-state index >= 15 is 0 Å². The molecule has 1 saturated heterocycles. The first kappa shape index (κ1) is 15.5. The number of aryl methyl sites for hydroxylation is 1. The molecule has 1 aliphatic rings. The lowest BCUT2D eigenvalue weighted by molar-refractivity contribution is 0.341. The Kier molecular flexibility index (Phi) is 4.91. The van der Waals surface area contributed by atoms with Gasteiger partial charge in [0.1, 0.15) is 11.5 Å². The lowest BCUT2D eigenvalue weighted by Gasteiger charge is -2.30. The summed E-state index contributed by atoms with van der Waals surface area (Å²) < 4.78 is 14.0. The van der Waals surface area contributed by atoms with Crippen molar-refractivity contribution >= 4 is 17.3 Å². The van der Waals surface area contributed by atoms with Gasteiger partial charge in [0.15, 0.2) is 0 Å². The van der Waals surface area contributed by atoms with E-state index in [9.17, 15) is 4.39 Å². The minimum atomic E-state index is -0.298. The minimum absolute atomic E-state index is 0.298. The second kappa shape index (κ2) is 7.27. The number of aliphatic imine (C=N–C) groups is 1. The SMILES string of the molecule is Cc1ccc(NC(=Nc2ccccc2F)N2CCCCC2)cc1. The van der Waals surface area contributed by atoms with Crippen molar-refractivity contribution < 1.29 is 4.39 Å². The van der Waals surface area contributed by atoms with Gasteiger partial charge in [0, 0.05) is 18.8 Å². The van der Waals surface area contributed by atoms with Crippen molar-refractivity contribution in [2.45, 2.75) is 26.2 Å². The van der Waals surface area contributed by atoms with Crippen LogP contribution in [0.2, 0.25) is 0 Å². The Labute approximate surface area is 136 Å². The Bertz CT molecular complexity index is 673. The normalized spacial score (nSPS) is 15.6. The second-order valence-corrected chi connectivity index (χ2v) is 5.93. The van der Waals surface area contributed by atoms with Crippen LogP contribution in [-0.4, -0.2) is 23.9 Å². The van der Waals surface area contributed by atoms with E-state index in [-0.39, 0.29) is 5.82 Å². The van der Waals surface area contributed by atoms with Gasteiger partial charge in [-0.1, -0.05) is 29.8 Å². The smallest absolute Gasteiger partial charge is 0.203 e. The Hall–Kier alpha value is -2.36. The molecular weight excluding hydrogens is 289 g/mol. The maximum atomic E-state index is 14.0. The summed E-state index contributed by atoms with van der Waals surface area (Å²) in [5.74, 6) is 0.423. The first-order valence-corrected chi connectivity index (χ1v) is 8.14. The number of para-hydroxylation sites is 1. The first-order chi connectivity index (χ1) is 11.2. The third kappa shape index (κ3) is 4.09. The number of nitrogens with one attached hydrogen (secondary N) is 1. The van der Waals surface area contributed by atoms with Crippen LogP contribution in [0, 0.1) is 12.7 Å². The summed E-state index contributed by atoms with van der Waals surface area (Å²) >= 11 is 0. The number of piperidine rings is 1. The van der Waals surface area contributed by atoms with Crippen LogP contribution in [-0.2, 0) is 0 Å². The van der Waals surface area contributed by atoms with Gasteiger partial charge in [-0.2, -0.15) is 0 Å². The van der Waals surface area contributed by atoms with E-state index < -0.39 is 0 Å². The molecule has 2 aromatic carbocycles. The molecule has 3 nitrogen and oxygen atoms in total. The fourth-order valence-electron chi connectivity index (χ4n) is 2.71. The fraction of sp³-hybridized carbons (Fsp3) is 0.316. The second-order valence-electron chi connectivity index (χ2n) is 5.93. The van der Waals surface area contributed by atoms with Gasteiger partial charge in [-0.15, -0.1) is 0 Å². The molecule has 0 aromatic heterocycles. The zero-order chi connectivity index (χ0) is 16.1. The summed E-state index contributed by atoms with van der Waals surface area (Å²) in [5.41, 5.74) is 2.55. The maximum absolute atomic E-state index is 14.0. The zero-order valence-electron chi connectivity index (χ0n) is 13.4. The summed E-state index contributed by atoms with van der Waals surface area (Å²) in [6.07, 6.45) is 3.53. The topological polar surface area (TPSA) is 27.6 Å². The van der Waals surface area contributed by atoms with Gasteiger partial charge < -0.3 is 10.2 Å². The molecule has 23 heavy (non-hydrogen) atoms. The van der Waals surface area contributed by atoms with Gasteiger partial charge in [0.05, 0.1) is 0 Å². The molecule has 2 aromatic rings. The summed E-state index contributed by atoms with van der Waals surface area (Å²) in [5, 5.41) is 3.36. The maximum Gasteiger partial charge on any atom is 0.203 e. The molecule has 0 unspecified atom stereocenters. The van der Waals surface area contributed by atoms with Gasteiger partial charge in [-0.3, -0.25) is 0 Å². The van der Waals surface area contributed by atoms with Crippen molar-refractivity contribution in [1.82, 2.24) is 4.90 Å². The van der Waals surface area contributed by atoms with Crippen LogP contribution in [0.5, 0.6) is 0 Å². The number of halogens is 1. The highest BCUT2D eigenvalue weighted by Gasteiger charge is 2.16. The third-order valence-electron chi connectivity index (χ3n) is 4.04. The molecule has 1 N–H and O–H groups in total. The van der Waals surface area contributed by atoms with Gasteiger partial charge in [-0.25, -0.2) is 9.38 Å². The number of hydrogen-bond donors (Lipinski definition) is 1. The van der Waals surface area contributed by atoms with E-state index in [1.54, 1.807) is 12.1 Å². The van der Waals surface area contributed by atoms with Crippen molar-refractivity contribution in [1.29, 1.82) is 0 Å². The molecule has 0 aliphatic carbocycles. The predicted octanol–water partition coefficient (Wildman–Crippen LogP) is 4.72. The number of rotatable bonds is 2. The number of guanidine groups is 1. The van der Waals surface area contributed by atoms with Gasteiger partial charge in [0.2, 0.25) is 5.96 Å². The highest BCUT2D eigenvalue weighted by Crippen LogP contribution is 2.20. The van der Waals surface area contributed by atoms with Gasteiger partial charge in [-0.05, 0) is 50.5 Å². The van der Waals surface area contributed by atoms with Crippen LogP contribution >= 0.6 is 0 Å². The van der Waals surface area contributed by atoms with E-state index in [4.69, 9.17) is 0 Å². The molecule has 1 fully saturated rings. The quantitative estimate of drug-likeness (QED) is 0.642. The molecule has 0 spiro atoms. The average molecular weight is 311 g/mol. The Morgan fingerprint density at radius 3 is 2.39 bits per heavy atom. The van der Waals surface area contributed by atoms with E-state index in [1.807, 2.05) is 18.2 Å². The van der Waals surface area contributed by atoms with Crippen LogP contribution in [0.3, 0.4) is 0 Å². The fourth-order valence-corrected chi connectivity index (χ4v) is 2.71. The van der Waals surface area contributed by atoms with Crippen molar-refractivity contribution in [3.05, 3.63) is 59.9 Å². The first-order valence-electron chi connectivity index (χ1n) is 8.14. The highest BCUT2D eigenvalue weighted by atomic mass is 19.1. The summed E-state index contributed by atoms with van der Waals surface area (Å²) in [7, 11) is 0. The molecule has 120 valence electrons. The third-order valence-corrected chi connectivity index (χ3v) is 4.04. The number of hydrogen-bond acceptors (Lipinski definition) is 1. The zero-order valence-corrected chi connectivity index (χ0v) is 13.4. The molecule has 0 radical (unpaired) electrons. The summed E-state index contributed by atoms with van der Waals surface area (Å²) in [6, 6.07) is 14.8. The average Bonchev–Trinajstić information content (AvgIpc) is 2.59. The molecule has 3 rings (SSSR count). The summed E-state index contributed by atoms with van der Waals surface area (Å²) in [4.78, 5) is 6.76. The van der Waals surface area contributed by atoms with Gasteiger partial charge in [0.25, 0.3) is 0 Å².